The first-order valence-corrected chi connectivity index (χ1v) is 9.30. The Bertz CT molecular complexity index is 787. The van der Waals surface area contributed by atoms with Crippen molar-refractivity contribution in [1.29, 1.82) is 0 Å². The highest BCUT2D eigenvalue weighted by Gasteiger charge is 2.21. The van der Waals surface area contributed by atoms with Gasteiger partial charge in [-0.05, 0) is 68.9 Å². The van der Waals surface area contributed by atoms with E-state index in [2.05, 4.69) is 36.0 Å². The van der Waals surface area contributed by atoms with Crippen molar-refractivity contribution in [3.05, 3.63) is 64.4 Å². The second kappa shape index (κ2) is 8.19. The standard InChI is InChI=1S/C21H24ClFN2O/c1-24-10-8-17(9-11-24)25(2)18-5-3-4-15(12-18)13-21(26)19-7-6-16(23)14-20(19)22/h3-7,12,14,17H,8-11,13H2,1-2H3. The molecule has 3 nitrogen and oxygen atoms in total. The summed E-state index contributed by atoms with van der Waals surface area (Å²) in [5.74, 6) is -0.539. The Morgan fingerprint density at radius 2 is 1.96 bits per heavy atom. The zero-order chi connectivity index (χ0) is 18.7. The van der Waals surface area contributed by atoms with Crippen molar-refractivity contribution in [2.24, 2.45) is 0 Å². The number of likely N-dealkylation sites (tertiary alicyclic amines) is 1. The highest BCUT2D eigenvalue weighted by atomic mass is 35.5. The Balaban J connectivity index is 1.71. The van der Waals surface area contributed by atoms with E-state index in [1.54, 1.807) is 0 Å². The normalized spacial score (nSPS) is 15.8. The summed E-state index contributed by atoms with van der Waals surface area (Å²) in [6.07, 6.45) is 2.53. The number of carbonyl (C=O) groups excluding carboxylic acids is 1. The van der Waals surface area contributed by atoms with Gasteiger partial charge in [0.1, 0.15) is 5.82 Å². The van der Waals surface area contributed by atoms with Gasteiger partial charge in [-0.3, -0.25) is 4.79 Å². The molecule has 1 aliphatic heterocycles. The number of nitrogens with zero attached hydrogens (tertiary/aromatic N) is 2. The van der Waals surface area contributed by atoms with Crippen LogP contribution in [0.25, 0.3) is 0 Å². The van der Waals surface area contributed by atoms with E-state index in [9.17, 15) is 9.18 Å². The number of Topliss-reactive ketones (excluding diaryl/α,β-unsaturated/α-hetero) is 1. The van der Waals surface area contributed by atoms with Crippen LogP contribution in [0.1, 0.15) is 28.8 Å². The molecule has 0 atom stereocenters. The number of halogens is 2. The van der Waals surface area contributed by atoms with Crippen LogP contribution < -0.4 is 4.90 Å². The Kier molecular flexibility index (Phi) is 5.94. The van der Waals surface area contributed by atoms with Gasteiger partial charge in [-0.25, -0.2) is 4.39 Å². The molecule has 0 N–H and O–H groups in total. The highest BCUT2D eigenvalue weighted by molar-refractivity contribution is 6.34. The lowest BCUT2D eigenvalue weighted by atomic mass is 10.0. The number of piperidine rings is 1. The topological polar surface area (TPSA) is 23.6 Å². The van der Waals surface area contributed by atoms with E-state index in [4.69, 9.17) is 11.6 Å². The number of carbonyl (C=O) groups is 1. The molecular weight excluding hydrogens is 351 g/mol. The first kappa shape index (κ1) is 18.9. The summed E-state index contributed by atoms with van der Waals surface area (Å²) in [5.41, 5.74) is 2.42. The van der Waals surface area contributed by atoms with Gasteiger partial charge in [0, 0.05) is 30.8 Å². The van der Waals surface area contributed by atoms with Gasteiger partial charge < -0.3 is 9.80 Å². The van der Waals surface area contributed by atoms with Crippen LogP contribution >= 0.6 is 11.6 Å². The van der Waals surface area contributed by atoms with Crippen LogP contribution in [0.5, 0.6) is 0 Å². The van der Waals surface area contributed by atoms with Crippen molar-refractivity contribution in [2.75, 3.05) is 32.1 Å². The van der Waals surface area contributed by atoms with E-state index in [0.717, 1.165) is 37.2 Å². The summed E-state index contributed by atoms with van der Waals surface area (Å²) >= 11 is 6.01. The van der Waals surface area contributed by atoms with Crippen molar-refractivity contribution in [3.8, 4) is 0 Å². The van der Waals surface area contributed by atoms with Gasteiger partial charge in [-0.1, -0.05) is 23.7 Å². The minimum Gasteiger partial charge on any atom is -0.372 e. The molecule has 2 aromatic rings. The molecule has 1 heterocycles. The largest absolute Gasteiger partial charge is 0.372 e. The number of hydrogen-bond donors (Lipinski definition) is 0. The molecule has 0 aromatic heterocycles. The lowest BCUT2D eigenvalue weighted by Crippen LogP contribution is -2.42. The number of rotatable bonds is 5. The number of ketones is 1. The fraction of sp³-hybridized carbons (Fsp3) is 0.381. The maximum absolute atomic E-state index is 13.2. The van der Waals surface area contributed by atoms with E-state index >= 15 is 0 Å². The summed E-state index contributed by atoms with van der Waals surface area (Å²) in [4.78, 5) is 17.2. The van der Waals surface area contributed by atoms with Crippen LogP contribution in [0.4, 0.5) is 10.1 Å². The molecule has 0 unspecified atom stereocenters. The maximum atomic E-state index is 13.2. The summed E-state index contributed by atoms with van der Waals surface area (Å²) < 4.78 is 13.2. The minimum atomic E-state index is -0.437. The summed E-state index contributed by atoms with van der Waals surface area (Å²) in [6, 6.07) is 12.5. The maximum Gasteiger partial charge on any atom is 0.168 e. The van der Waals surface area contributed by atoms with E-state index in [0.29, 0.717) is 11.6 Å². The predicted molar refractivity (Wildman–Crippen MR) is 105 cm³/mol. The lowest BCUT2D eigenvalue weighted by molar-refractivity contribution is 0.0993. The molecule has 0 bridgehead atoms. The molecule has 0 aliphatic carbocycles. The summed E-state index contributed by atoms with van der Waals surface area (Å²) in [6.45, 7) is 2.21. The van der Waals surface area contributed by atoms with Crippen LogP contribution in [0.3, 0.4) is 0 Å². The Hall–Kier alpha value is -1.91. The lowest BCUT2D eigenvalue weighted by Gasteiger charge is -2.36. The third kappa shape index (κ3) is 4.43. The van der Waals surface area contributed by atoms with Crippen LogP contribution in [-0.4, -0.2) is 43.9 Å². The molecule has 1 fully saturated rings. The van der Waals surface area contributed by atoms with Gasteiger partial charge in [-0.2, -0.15) is 0 Å². The smallest absolute Gasteiger partial charge is 0.168 e. The number of anilines is 1. The monoisotopic (exact) mass is 374 g/mol. The van der Waals surface area contributed by atoms with Crippen molar-refractivity contribution < 1.29 is 9.18 Å². The SMILES string of the molecule is CN1CCC(N(C)c2cccc(CC(=O)c3ccc(F)cc3Cl)c2)CC1. The summed E-state index contributed by atoms with van der Waals surface area (Å²) in [7, 11) is 4.27. The van der Waals surface area contributed by atoms with Gasteiger partial charge in [0.05, 0.1) is 5.02 Å². The quantitative estimate of drug-likeness (QED) is 0.723. The van der Waals surface area contributed by atoms with Crippen LogP contribution in [0.2, 0.25) is 5.02 Å². The fourth-order valence-electron chi connectivity index (χ4n) is 3.48. The molecule has 0 saturated carbocycles. The molecule has 1 saturated heterocycles. The molecule has 0 spiro atoms. The molecule has 26 heavy (non-hydrogen) atoms. The molecule has 0 amide bonds. The third-order valence-corrected chi connectivity index (χ3v) is 5.46. The molecule has 0 radical (unpaired) electrons. The molecular formula is C21H24ClFN2O. The number of benzene rings is 2. The predicted octanol–water partition coefficient (Wildman–Crippen LogP) is 4.43. The Morgan fingerprint density at radius 3 is 2.65 bits per heavy atom. The van der Waals surface area contributed by atoms with Crippen molar-refractivity contribution in [3.63, 3.8) is 0 Å². The van der Waals surface area contributed by atoms with Crippen LogP contribution in [0.15, 0.2) is 42.5 Å². The average Bonchev–Trinajstić information content (AvgIpc) is 2.62. The third-order valence-electron chi connectivity index (χ3n) is 5.15. The molecule has 138 valence electrons. The molecule has 1 aliphatic rings. The second-order valence-electron chi connectivity index (χ2n) is 7.04. The molecule has 3 rings (SSSR count). The van der Waals surface area contributed by atoms with Crippen molar-refractivity contribution in [1.82, 2.24) is 4.90 Å². The van der Waals surface area contributed by atoms with Gasteiger partial charge in [0.2, 0.25) is 0 Å². The van der Waals surface area contributed by atoms with Gasteiger partial charge in [-0.15, -0.1) is 0 Å². The zero-order valence-corrected chi connectivity index (χ0v) is 16.0. The van der Waals surface area contributed by atoms with Crippen molar-refractivity contribution in [2.45, 2.75) is 25.3 Å². The van der Waals surface area contributed by atoms with Gasteiger partial charge in [0.15, 0.2) is 5.78 Å². The summed E-state index contributed by atoms with van der Waals surface area (Å²) in [5, 5.41) is 0.162. The highest BCUT2D eigenvalue weighted by Crippen LogP contribution is 2.24. The van der Waals surface area contributed by atoms with Gasteiger partial charge >= 0.3 is 0 Å². The average molecular weight is 375 g/mol. The first-order chi connectivity index (χ1) is 12.4. The molecule has 2 aromatic carbocycles. The van der Waals surface area contributed by atoms with Crippen molar-refractivity contribution >= 4 is 23.1 Å². The Morgan fingerprint density at radius 1 is 1.23 bits per heavy atom. The zero-order valence-electron chi connectivity index (χ0n) is 15.2. The van der Waals surface area contributed by atoms with E-state index in [-0.39, 0.29) is 17.2 Å². The fourth-order valence-corrected chi connectivity index (χ4v) is 3.75. The van der Waals surface area contributed by atoms with Gasteiger partial charge in [0.25, 0.3) is 0 Å². The minimum absolute atomic E-state index is 0.103. The number of hydrogen-bond acceptors (Lipinski definition) is 3. The Labute approximate surface area is 159 Å². The van der Waals surface area contributed by atoms with E-state index < -0.39 is 5.82 Å². The van der Waals surface area contributed by atoms with Crippen LogP contribution in [-0.2, 0) is 6.42 Å². The van der Waals surface area contributed by atoms with E-state index in [1.807, 2.05) is 12.1 Å². The van der Waals surface area contributed by atoms with Crippen LogP contribution in [0, 0.1) is 5.82 Å². The second-order valence-corrected chi connectivity index (χ2v) is 7.45. The van der Waals surface area contributed by atoms with E-state index in [1.165, 1.54) is 18.2 Å². The molecule has 5 heteroatoms. The first-order valence-electron chi connectivity index (χ1n) is 8.92.